The molecular formula is C19H26N4O5S. The van der Waals surface area contributed by atoms with E-state index in [2.05, 4.69) is 20.2 Å². The van der Waals surface area contributed by atoms with E-state index in [1.807, 2.05) is 13.8 Å². The van der Waals surface area contributed by atoms with Crippen LogP contribution in [0.1, 0.15) is 57.3 Å². The van der Waals surface area contributed by atoms with Crippen LogP contribution in [0.25, 0.3) is 0 Å². The summed E-state index contributed by atoms with van der Waals surface area (Å²) in [6, 6.07) is 4.42. The van der Waals surface area contributed by atoms with Crippen LogP contribution in [0.2, 0.25) is 0 Å². The molecule has 10 heteroatoms. The first-order valence-corrected chi connectivity index (χ1v) is 11.0. The first-order valence-electron chi connectivity index (χ1n) is 9.51. The molecule has 1 saturated carbocycles. The number of sulfonamides is 1. The summed E-state index contributed by atoms with van der Waals surface area (Å²) in [5.41, 5.74) is 0. The summed E-state index contributed by atoms with van der Waals surface area (Å²) in [7, 11) is -2.37. The number of hydrogen-bond donors (Lipinski definition) is 2. The molecule has 1 aromatic carbocycles. The Morgan fingerprint density at radius 2 is 1.86 bits per heavy atom. The normalized spacial score (nSPS) is 16.4. The Hall–Kier alpha value is -2.46. The number of nitrogens with one attached hydrogen (secondary N) is 2. The van der Waals surface area contributed by atoms with Gasteiger partial charge in [-0.15, -0.1) is 0 Å². The molecule has 0 spiro atoms. The first kappa shape index (κ1) is 21.3. The predicted octanol–water partition coefficient (Wildman–Crippen LogP) is 2.14. The fraction of sp³-hybridized carbons (Fsp3) is 0.526. The number of carbonyl (C=O) groups is 1. The average molecular weight is 423 g/mol. The molecule has 1 aromatic heterocycles. The van der Waals surface area contributed by atoms with Crippen molar-refractivity contribution in [2.75, 3.05) is 7.11 Å². The highest BCUT2D eigenvalue weighted by atomic mass is 32.2. The van der Waals surface area contributed by atoms with Gasteiger partial charge >= 0.3 is 0 Å². The van der Waals surface area contributed by atoms with Crippen molar-refractivity contribution >= 4 is 15.9 Å². The van der Waals surface area contributed by atoms with Crippen molar-refractivity contribution in [3.8, 4) is 5.75 Å². The molecule has 1 heterocycles. The molecule has 0 saturated heterocycles. The van der Waals surface area contributed by atoms with Crippen molar-refractivity contribution in [2.24, 2.45) is 5.92 Å². The quantitative estimate of drug-likeness (QED) is 0.634. The van der Waals surface area contributed by atoms with Gasteiger partial charge in [-0.2, -0.15) is 9.71 Å². The van der Waals surface area contributed by atoms with Crippen LogP contribution in [0.15, 0.2) is 33.7 Å². The smallest absolute Gasteiger partial charge is 0.249 e. The summed E-state index contributed by atoms with van der Waals surface area (Å²) in [6.45, 7) is 5.31. The van der Waals surface area contributed by atoms with Crippen LogP contribution in [0, 0.1) is 5.92 Å². The minimum Gasteiger partial charge on any atom is -0.497 e. The van der Waals surface area contributed by atoms with Gasteiger partial charge < -0.3 is 14.6 Å². The molecule has 0 aliphatic heterocycles. The van der Waals surface area contributed by atoms with Crippen LogP contribution in [-0.4, -0.2) is 37.6 Å². The number of ether oxygens (including phenoxy) is 1. The SMILES string of the molecule is COc1ccc(S(=O)(=O)N[C@@H](C)C(=O)NC(c2nc(C3CC3)no2)C(C)C)cc1. The molecule has 1 aliphatic rings. The molecule has 2 atom stereocenters. The van der Waals surface area contributed by atoms with Crippen molar-refractivity contribution in [2.45, 2.75) is 56.5 Å². The fourth-order valence-electron chi connectivity index (χ4n) is 2.78. The Kier molecular flexibility index (Phi) is 6.23. The predicted molar refractivity (Wildman–Crippen MR) is 105 cm³/mol. The van der Waals surface area contributed by atoms with Crippen LogP contribution in [0.5, 0.6) is 5.75 Å². The molecule has 158 valence electrons. The number of carbonyl (C=O) groups excluding carboxylic acids is 1. The van der Waals surface area contributed by atoms with E-state index in [4.69, 9.17) is 9.26 Å². The largest absolute Gasteiger partial charge is 0.497 e. The minimum absolute atomic E-state index is 0.0168. The van der Waals surface area contributed by atoms with Gasteiger partial charge in [-0.1, -0.05) is 19.0 Å². The number of rotatable bonds is 9. The van der Waals surface area contributed by atoms with Gasteiger partial charge in [0.1, 0.15) is 11.8 Å². The fourth-order valence-corrected chi connectivity index (χ4v) is 3.98. The Morgan fingerprint density at radius 1 is 1.21 bits per heavy atom. The lowest BCUT2D eigenvalue weighted by Crippen LogP contribution is -2.46. The van der Waals surface area contributed by atoms with E-state index in [0.29, 0.717) is 23.4 Å². The Morgan fingerprint density at radius 3 is 2.41 bits per heavy atom. The summed E-state index contributed by atoms with van der Waals surface area (Å²) in [4.78, 5) is 17.1. The first-order chi connectivity index (χ1) is 13.7. The van der Waals surface area contributed by atoms with Gasteiger partial charge in [0.15, 0.2) is 5.82 Å². The number of hydrogen-bond acceptors (Lipinski definition) is 7. The lowest BCUT2D eigenvalue weighted by Gasteiger charge is -2.21. The van der Waals surface area contributed by atoms with Gasteiger partial charge in [0, 0.05) is 5.92 Å². The van der Waals surface area contributed by atoms with Crippen LogP contribution >= 0.6 is 0 Å². The summed E-state index contributed by atoms with van der Waals surface area (Å²) >= 11 is 0. The highest BCUT2D eigenvalue weighted by Crippen LogP contribution is 2.38. The van der Waals surface area contributed by atoms with Gasteiger partial charge in [0.05, 0.1) is 18.0 Å². The number of methoxy groups -OCH3 is 1. The molecule has 9 nitrogen and oxygen atoms in total. The lowest BCUT2D eigenvalue weighted by atomic mass is 10.0. The zero-order valence-corrected chi connectivity index (χ0v) is 17.7. The van der Waals surface area contributed by atoms with Crippen LogP contribution in [0.3, 0.4) is 0 Å². The van der Waals surface area contributed by atoms with E-state index < -0.39 is 28.0 Å². The van der Waals surface area contributed by atoms with Gasteiger partial charge in [-0.05, 0) is 49.9 Å². The Balaban J connectivity index is 1.67. The van der Waals surface area contributed by atoms with E-state index in [1.165, 1.54) is 26.2 Å². The molecular weight excluding hydrogens is 396 g/mol. The number of amides is 1. The number of nitrogens with zero attached hydrogens (tertiary/aromatic N) is 2. The third kappa shape index (κ3) is 5.13. The van der Waals surface area contributed by atoms with Crippen LogP contribution in [0.4, 0.5) is 0 Å². The van der Waals surface area contributed by atoms with Crippen molar-refractivity contribution in [3.63, 3.8) is 0 Å². The maximum atomic E-state index is 12.6. The number of aromatic nitrogens is 2. The van der Waals surface area contributed by atoms with E-state index >= 15 is 0 Å². The Bertz CT molecular complexity index is 951. The second kappa shape index (κ2) is 8.50. The van der Waals surface area contributed by atoms with Crippen LogP contribution < -0.4 is 14.8 Å². The minimum atomic E-state index is -3.87. The molecule has 1 unspecified atom stereocenters. The van der Waals surface area contributed by atoms with Crippen molar-refractivity contribution in [1.29, 1.82) is 0 Å². The third-order valence-corrected chi connectivity index (χ3v) is 6.28. The van der Waals surface area contributed by atoms with Crippen molar-refractivity contribution in [3.05, 3.63) is 36.0 Å². The maximum Gasteiger partial charge on any atom is 0.249 e. The van der Waals surface area contributed by atoms with Crippen molar-refractivity contribution < 1.29 is 22.5 Å². The lowest BCUT2D eigenvalue weighted by molar-refractivity contribution is -0.123. The second-order valence-corrected chi connectivity index (χ2v) is 9.23. The zero-order chi connectivity index (χ0) is 21.2. The topological polar surface area (TPSA) is 123 Å². The van der Waals surface area contributed by atoms with E-state index in [-0.39, 0.29) is 10.8 Å². The van der Waals surface area contributed by atoms with Gasteiger partial charge in [-0.3, -0.25) is 4.79 Å². The summed E-state index contributed by atoms with van der Waals surface area (Å²) < 4.78 is 37.9. The van der Waals surface area contributed by atoms with Crippen LogP contribution in [-0.2, 0) is 14.8 Å². The zero-order valence-electron chi connectivity index (χ0n) is 16.9. The summed E-state index contributed by atoms with van der Waals surface area (Å²) in [5, 5.41) is 6.80. The highest BCUT2D eigenvalue weighted by Gasteiger charge is 2.32. The van der Waals surface area contributed by atoms with Crippen molar-refractivity contribution in [1.82, 2.24) is 20.2 Å². The standard InChI is InChI=1S/C19H26N4O5S/c1-11(2)16(19-21-17(22-28-19)13-5-6-13)20-18(24)12(3)23-29(25,26)15-9-7-14(27-4)8-10-15/h7-13,16,23H,5-6H2,1-4H3,(H,20,24)/t12-,16?/m0/s1. The molecule has 1 fully saturated rings. The molecule has 2 N–H and O–H groups in total. The molecule has 0 bridgehead atoms. The summed E-state index contributed by atoms with van der Waals surface area (Å²) in [6.07, 6.45) is 2.09. The highest BCUT2D eigenvalue weighted by molar-refractivity contribution is 7.89. The third-order valence-electron chi connectivity index (χ3n) is 4.73. The average Bonchev–Trinajstić information content (AvgIpc) is 3.42. The Labute approximate surface area is 170 Å². The second-order valence-electron chi connectivity index (χ2n) is 7.51. The molecule has 3 rings (SSSR count). The molecule has 1 amide bonds. The summed E-state index contributed by atoms with van der Waals surface area (Å²) in [5.74, 6) is 1.38. The van der Waals surface area contributed by atoms with Gasteiger partial charge in [-0.25, -0.2) is 8.42 Å². The van der Waals surface area contributed by atoms with E-state index in [1.54, 1.807) is 12.1 Å². The van der Waals surface area contributed by atoms with Gasteiger partial charge in [0.2, 0.25) is 21.8 Å². The molecule has 0 radical (unpaired) electrons. The van der Waals surface area contributed by atoms with Gasteiger partial charge in [0.25, 0.3) is 0 Å². The molecule has 29 heavy (non-hydrogen) atoms. The molecule has 1 aliphatic carbocycles. The van der Waals surface area contributed by atoms with E-state index in [0.717, 1.165) is 12.8 Å². The molecule has 2 aromatic rings. The van der Waals surface area contributed by atoms with E-state index in [9.17, 15) is 13.2 Å². The number of benzene rings is 1. The maximum absolute atomic E-state index is 12.6. The monoisotopic (exact) mass is 422 g/mol.